The highest BCUT2D eigenvalue weighted by atomic mass is 16.3. The summed E-state index contributed by atoms with van der Waals surface area (Å²) in [5.41, 5.74) is 6.16. The number of hydrogen-bond acceptors (Lipinski definition) is 2. The molecule has 0 fully saturated rings. The van der Waals surface area contributed by atoms with Crippen LogP contribution in [0.25, 0.3) is 33.2 Å². The third kappa shape index (κ3) is 2.61. The van der Waals surface area contributed by atoms with Crippen molar-refractivity contribution < 1.29 is 4.42 Å². The number of fused-ring (bicyclic) bond motifs is 3. The lowest BCUT2D eigenvalue weighted by Crippen LogP contribution is -2.18. The number of benzene rings is 3. The van der Waals surface area contributed by atoms with Gasteiger partial charge in [0.25, 0.3) is 0 Å². The van der Waals surface area contributed by atoms with Crippen molar-refractivity contribution in [2.24, 2.45) is 0 Å². The summed E-state index contributed by atoms with van der Waals surface area (Å²) in [5, 5.41) is 2.28. The molecular weight excluding hydrogens is 342 g/mol. The zero-order chi connectivity index (χ0) is 19.1. The number of para-hydroxylation sites is 1. The maximum absolute atomic E-state index is 6.27. The molecule has 2 heterocycles. The molecule has 0 atom stereocenters. The Kier molecular flexibility index (Phi) is 3.80. The Morgan fingerprint density at radius 2 is 1.46 bits per heavy atom. The van der Waals surface area contributed by atoms with Crippen LogP contribution in [-0.4, -0.2) is 4.98 Å². The van der Waals surface area contributed by atoms with Gasteiger partial charge >= 0.3 is 0 Å². The standard InChI is InChI=1S/C26H21NO/c1-26(2,18-10-4-3-5-11-18)19-16-21-20-12-6-7-14-24(20)28-25(21)22(17-19)23-13-8-9-15-27-23/h3-17H,1-2H3. The van der Waals surface area contributed by atoms with Crippen molar-refractivity contribution in [1.82, 2.24) is 4.98 Å². The van der Waals surface area contributed by atoms with E-state index in [2.05, 4.69) is 73.4 Å². The van der Waals surface area contributed by atoms with Crippen molar-refractivity contribution in [3.05, 3.63) is 102 Å². The molecular formula is C26H21NO. The van der Waals surface area contributed by atoms with E-state index in [1.807, 2.05) is 36.5 Å². The van der Waals surface area contributed by atoms with Crippen LogP contribution >= 0.6 is 0 Å². The molecule has 0 radical (unpaired) electrons. The largest absolute Gasteiger partial charge is 0.455 e. The summed E-state index contributed by atoms with van der Waals surface area (Å²) in [6.45, 7) is 4.54. The topological polar surface area (TPSA) is 26.0 Å². The first-order chi connectivity index (χ1) is 13.6. The van der Waals surface area contributed by atoms with E-state index in [4.69, 9.17) is 4.42 Å². The third-order valence-corrected chi connectivity index (χ3v) is 5.64. The molecule has 136 valence electrons. The Morgan fingerprint density at radius 1 is 0.714 bits per heavy atom. The highest BCUT2D eigenvalue weighted by molar-refractivity contribution is 6.09. The minimum absolute atomic E-state index is 0.142. The summed E-state index contributed by atoms with van der Waals surface area (Å²) in [4.78, 5) is 4.61. The Balaban J connectivity index is 1.85. The highest BCUT2D eigenvalue weighted by Gasteiger charge is 2.26. The summed E-state index contributed by atoms with van der Waals surface area (Å²) < 4.78 is 6.27. The van der Waals surface area contributed by atoms with Gasteiger partial charge in [-0.25, -0.2) is 0 Å². The first-order valence-corrected chi connectivity index (χ1v) is 9.57. The van der Waals surface area contributed by atoms with Gasteiger partial charge in [-0.3, -0.25) is 4.98 Å². The first kappa shape index (κ1) is 16.8. The molecule has 5 aromatic rings. The van der Waals surface area contributed by atoms with Gasteiger partial charge in [-0.05, 0) is 41.5 Å². The van der Waals surface area contributed by atoms with Crippen molar-refractivity contribution >= 4 is 21.9 Å². The second-order valence-corrected chi connectivity index (χ2v) is 7.70. The first-order valence-electron chi connectivity index (χ1n) is 9.57. The fraction of sp³-hybridized carbons (Fsp3) is 0.115. The van der Waals surface area contributed by atoms with Crippen molar-refractivity contribution in [2.75, 3.05) is 0 Å². The van der Waals surface area contributed by atoms with Crippen LogP contribution in [0.15, 0.2) is 95.5 Å². The molecule has 0 unspecified atom stereocenters. The number of hydrogen-bond donors (Lipinski definition) is 0. The number of rotatable bonds is 3. The fourth-order valence-electron chi connectivity index (χ4n) is 3.92. The summed E-state index contributed by atoms with van der Waals surface area (Å²) >= 11 is 0. The lowest BCUT2D eigenvalue weighted by Gasteiger charge is -2.27. The molecule has 0 N–H and O–H groups in total. The van der Waals surface area contributed by atoms with E-state index in [-0.39, 0.29) is 5.41 Å². The van der Waals surface area contributed by atoms with Gasteiger partial charge in [0.2, 0.25) is 0 Å². The van der Waals surface area contributed by atoms with Crippen LogP contribution in [0.3, 0.4) is 0 Å². The summed E-state index contributed by atoms with van der Waals surface area (Å²) in [5.74, 6) is 0. The fourth-order valence-corrected chi connectivity index (χ4v) is 3.92. The zero-order valence-electron chi connectivity index (χ0n) is 16.0. The molecule has 2 heteroatoms. The van der Waals surface area contributed by atoms with E-state index in [0.29, 0.717) is 0 Å². The van der Waals surface area contributed by atoms with Gasteiger partial charge in [-0.2, -0.15) is 0 Å². The van der Waals surface area contributed by atoms with Gasteiger partial charge in [0.15, 0.2) is 0 Å². The minimum Gasteiger partial charge on any atom is -0.455 e. The number of nitrogens with zero attached hydrogens (tertiary/aromatic N) is 1. The summed E-state index contributed by atoms with van der Waals surface area (Å²) in [7, 11) is 0. The normalized spacial score (nSPS) is 11.9. The van der Waals surface area contributed by atoms with Crippen LogP contribution in [0, 0.1) is 0 Å². The molecule has 2 nitrogen and oxygen atoms in total. The van der Waals surface area contributed by atoms with Crippen molar-refractivity contribution in [1.29, 1.82) is 0 Å². The van der Waals surface area contributed by atoms with Crippen LogP contribution in [0.1, 0.15) is 25.0 Å². The molecule has 0 spiro atoms. The number of furan rings is 1. The van der Waals surface area contributed by atoms with Gasteiger partial charge in [-0.15, -0.1) is 0 Å². The molecule has 0 amide bonds. The van der Waals surface area contributed by atoms with E-state index in [9.17, 15) is 0 Å². The maximum atomic E-state index is 6.27. The van der Waals surface area contributed by atoms with Crippen molar-refractivity contribution in [2.45, 2.75) is 19.3 Å². The Bertz CT molecular complexity index is 1270. The van der Waals surface area contributed by atoms with E-state index >= 15 is 0 Å². The Morgan fingerprint density at radius 3 is 2.25 bits per heavy atom. The van der Waals surface area contributed by atoms with E-state index < -0.39 is 0 Å². The van der Waals surface area contributed by atoms with Gasteiger partial charge in [0.1, 0.15) is 11.2 Å². The molecule has 0 saturated carbocycles. The van der Waals surface area contributed by atoms with E-state index in [1.165, 1.54) is 11.1 Å². The molecule has 0 bridgehead atoms. The summed E-state index contributed by atoms with van der Waals surface area (Å²) in [6.07, 6.45) is 1.83. The van der Waals surface area contributed by atoms with Crippen LogP contribution < -0.4 is 0 Å². The number of pyridine rings is 1. The molecule has 0 aliphatic rings. The van der Waals surface area contributed by atoms with E-state index in [1.54, 1.807) is 0 Å². The van der Waals surface area contributed by atoms with Crippen LogP contribution in [0.2, 0.25) is 0 Å². The second kappa shape index (κ2) is 6.35. The summed E-state index contributed by atoms with van der Waals surface area (Å²) in [6, 6.07) is 29.4. The average Bonchev–Trinajstić information content (AvgIpc) is 3.13. The number of aromatic nitrogens is 1. The zero-order valence-corrected chi connectivity index (χ0v) is 16.0. The smallest absolute Gasteiger partial charge is 0.144 e. The Labute approximate surface area is 164 Å². The average molecular weight is 363 g/mol. The Hall–Kier alpha value is -3.39. The third-order valence-electron chi connectivity index (χ3n) is 5.64. The molecule has 0 aliphatic heterocycles. The lowest BCUT2D eigenvalue weighted by molar-refractivity contribution is 0.640. The molecule has 0 aliphatic carbocycles. The van der Waals surface area contributed by atoms with Crippen LogP contribution in [0.5, 0.6) is 0 Å². The van der Waals surface area contributed by atoms with Gasteiger partial charge in [0, 0.05) is 27.9 Å². The SMILES string of the molecule is CC(C)(c1ccccc1)c1cc(-c2ccccn2)c2oc3ccccc3c2c1. The molecule has 3 aromatic carbocycles. The van der Waals surface area contributed by atoms with Crippen LogP contribution in [-0.2, 0) is 5.41 Å². The quantitative estimate of drug-likeness (QED) is 0.346. The van der Waals surface area contributed by atoms with Crippen LogP contribution in [0.4, 0.5) is 0 Å². The predicted molar refractivity (Wildman–Crippen MR) is 116 cm³/mol. The maximum Gasteiger partial charge on any atom is 0.144 e. The lowest BCUT2D eigenvalue weighted by atomic mass is 9.77. The minimum atomic E-state index is -0.142. The molecule has 28 heavy (non-hydrogen) atoms. The van der Waals surface area contributed by atoms with Gasteiger partial charge < -0.3 is 4.42 Å². The van der Waals surface area contributed by atoms with Gasteiger partial charge in [0.05, 0.1) is 5.69 Å². The molecule has 0 saturated heterocycles. The predicted octanol–water partition coefficient (Wildman–Crippen LogP) is 6.97. The molecule has 2 aromatic heterocycles. The monoisotopic (exact) mass is 363 g/mol. The van der Waals surface area contributed by atoms with Crippen molar-refractivity contribution in [3.63, 3.8) is 0 Å². The second-order valence-electron chi connectivity index (χ2n) is 7.70. The van der Waals surface area contributed by atoms with Gasteiger partial charge in [-0.1, -0.05) is 68.4 Å². The molecule has 5 rings (SSSR count). The van der Waals surface area contributed by atoms with Crippen molar-refractivity contribution in [3.8, 4) is 11.3 Å². The van der Waals surface area contributed by atoms with E-state index in [0.717, 1.165) is 33.2 Å². The highest BCUT2D eigenvalue weighted by Crippen LogP contribution is 2.41.